The highest BCUT2D eigenvalue weighted by Gasteiger charge is 2.59. The van der Waals surface area contributed by atoms with Crippen molar-refractivity contribution < 1.29 is 17.9 Å². The van der Waals surface area contributed by atoms with Crippen LogP contribution in [-0.2, 0) is 24.1 Å². The van der Waals surface area contributed by atoms with E-state index in [1.807, 2.05) is 0 Å². The van der Waals surface area contributed by atoms with E-state index in [1.54, 1.807) is 55.5 Å². The summed E-state index contributed by atoms with van der Waals surface area (Å²) in [5.41, 5.74) is 1.08. The fourth-order valence-corrected chi connectivity index (χ4v) is 6.11. The lowest BCUT2D eigenvalue weighted by Crippen LogP contribution is -2.44. The first kappa shape index (κ1) is 16.9. The van der Waals surface area contributed by atoms with Crippen molar-refractivity contribution in [2.24, 2.45) is 0 Å². The minimum atomic E-state index is -4.07. The number of benzene rings is 2. The summed E-state index contributed by atoms with van der Waals surface area (Å²) in [6, 6.07) is 14.9. The Balaban J connectivity index is 2.35. The Labute approximate surface area is 149 Å². The second-order valence-corrected chi connectivity index (χ2v) is 8.24. The third-order valence-corrected chi connectivity index (χ3v) is 7.37. The lowest BCUT2D eigenvalue weighted by Gasteiger charge is -2.29. The van der Waals surface area contributed by atoms with Crippen LogP contribution < -0.4 is 0 Å². The molecule has 0 bridgehead atoms. The average Bonchev–Trinajstić information content (AvgIpc) is 2.89. The summed E-state index contributed by atoms with van der Waals surface area (Å²) < 4.78 is 30.5. The van der Waals surface area contributed by atoms with Crippen molar-refractivity contribution in [1.29, 1.82) is 0 Å². The predicted octanol–water partition coefficient (Wildman–Crippen LogP) is 3.67. The molecule has 2 aromatic rings. The molecule has 2 aromatic carbocycles. The molecule has 0 amide bonds. The average molecular weight is 407 g/mol. The molecule has 0 saturated carbocycles. The minimum absolute atomic E-state index is 0.0695. The Bertz CT molecular complexity index is 919. The third kappa shape index (κ3) is 2.24. The highest BCUT2D eigenvalue weighted by Crippen LogP contribution is 2.51. The van der Waals surface area contributed by atoms with Gasteiger partial charge >= 0.3 is 5.97 Å². The number of carbonyl (C=O) groups excluding carboxylic acids is 1. The van der Waals surface area contributed by atoms with Gasteiger partial charge in [-0.1, -0.05) is 58.4 Å². The van der Waals surface area contributed by atoms with Crippen LogP contribution >= 0.6 is 15.9 Å². The molecule has 0 aromatic heterocycles. The van der Waals surface area contributed by atoms with Crippen molar-refractivity contribution in [2.75, 3.05) is 6.61 Å². The highest BCUT2D eigenvalue weighted by atomic mass is 79.9. The number of rotatable bonds is 4. The van der Waals surface area contributed by atoms with Gasteiger partial charge in [-0.3, -0.25) is 0 Å². The first-order valence-electron chi connectivity index (χ1n) is 7.40. The predicted molar refractivity (Wildman–Crippen MR) is 95.3 cm³/mol. The molecule has 0 N–H and O–H groups in total. The van der Waals surface area contributed by atoms with E-state index in [0.29, 0.717) is 11.1 Å². The van der Waals surface area contributed by atoms with Gasteiger partial charge in [0.1, 0.15) is 0 Å². The van der Waals surface area contributed by atoms with Crippen LogP contribution in [-0.4, -0.2) is 21.0 Å². The fraction of sp³-hybridized carbons (Fsp3) is 0.167. The first-order chi connectivity index (χ1) is 11.5. The quantitative estimate of drug-likeness (QED) is 0.726. The molecular formula is C18H15BrO4S. The standard InChI is InChI=1S/C18H15BrO4S/c1-2-23-17(20)18(24(21,22)14-9-4-3-5-10-14)15-11-7-6-8-13(15)12-16(18)19/h3-12H,2H2,1H3. The summed E-state index contributed by atoms with van der Waals surface area (Å²) in [7, 11) is -4.07. The van der Waals surface area contributed by atoms with E-state index in [4.69, 9.17) is 4.74 Å². The zero-order valence-corrected chi connectivity index (χ0v) is 15.3. The molecule has 0 saturated heterocycles. The van der Waals surface area contributed by atoms with Gasteiger partial charge < -0.3 is 4.74 Å². The number of hydrogen-bond donors (Lipinski definition) is 0. The molecule has 0 spiro atoms. The number of carbonyl (C=O) groups is 1. The van der Waals surface area contributed by atoms with Crippen molar-refractivity contribution in [1.82, 2.24) is 0 Å². The van der Waals surface area contributed by atoms with Gasteiger partial charge in [-0.2, -0.15) is 0 Å². The van der Waals surface area contributed by atoms with Gasteiger partial charge in [0.2, 0.25) is 14.6 Å². The molecule has 0 aliphatic heterocycles. The third-order valence-electron chi connectivity index (χ3n) is 3.98. The van der Waals surface area contributed by atoms with Crippen LogP contribution in [0.5, 0.6) is 0 Å². The van der Waals surface area contributed by atoms with E-state index in [9.17, 15) is 13.2 Å². The summed E-state index contributed by atoms with van der Waals surface area (Å²) in [4.78, 5) is 13.0. The SMILES string of the molecule is CCOC(=O)C1(S(=O)(=O)c2ccccc2)C(Br)=Cc2ccccc21. The Morgan fingerprint density at radius 3 is 2.38 bits per heavy atom. The molecule has 4 nitrogen and oxygen atoms in total. The Kier molecular flexibility index (Phi) is 4.36. The first-order valence-corrected chi connectivity index (χ1v) is 9.68. The number of esters is 1. The second-order valence-electron chi connectivity index (χ2n) is 5.30. The molecule has 24 heavy (non-hydrogen) atoms. The van der Waals surface area contributed by atoms with Crippen LogP contribution in [0.15, 0.2) is 64.0 Å². The second kappa shape index (κ2) is 6.18. The van der Waals surface area contributed by atoms with E-state index in [-0.39, 0.29) is 16.0 Å². The van der Waals surface area contributed by atoms with Crippen molar-refractivity contribution >= 4 is 37.8 Å². The number of fused-ring (bicyclic) bond motifs is 1. The van der Waals surface area contributed by atoms with Crippen molar-refractivity contribution in [3.8, 4) is 0 Å². The summed E-state index contributed by atoms with van der Waals surface area (Å²) in [5.74, 6) is -0.804. The molecule has 1 atom stereocenters. The largest absolute Gasteiger partial charge is 0.464 e. The monoisotopic (exact) mass is 406 g/mol. The maximum absolute atomic E-state index is 13.5. The molecule has 1 unspecified atom stereocenters. The topological polar surface area (TPSA) is 60.4 Å². The number of hydrogen-bond acceptors (Lipinski definition) is 4. The van der Waals surface area contributed by atoms with Crippen molar-refractivity contribution in [2.45, 2.75) is 16.6 Å². The zero-order chi connectivity index (χ0) is 17.4. The Morgan fingerprint density at radius 1 is 1.08 bits per heavy atom. The smallest absolute Gasteiger partial charge is 0.337 e. The van der Waals surface area contributed by atoms with Crippen LogP contribution in [0.2, 0.25) is 0 Å². The molecule has 0 radical (unpaired) electrons. The highest BCUT2D eigenvalue weighted by molar-refractivity contribution is 9.12. The van der Waals surface area contributed by atoms with Crippen molar-refractivity contribution in [3.05, 3.63) is 70.2 Å². The van der Waals surface area contributed by atoms with Gasteiger partial charge in [-0.25, -0.2) is 13.2 Å². The molecule has 0 fully saturated rings. The Hall–Kier alpha value is -1.92. The van der Waals surface area contributed by atoms with E-state index in [1.165, 1.54) is 12.1 Å². The zero-order valence-electron chi connectivity index (χ0n) is 12.9. The normalized spacial score (nSPS) is 19.5. The minimum Gasteiger partial charge on any atom is -0.464 e. The van der Waals surface area contributed by atoms with Gasteiger partial charge in [0.05, 0.1) is 11.5 Å². The van der Waals surface area contributed by atoms with Crippen LogP contribution in [0.1, 0.15) is 18.1 Å². The summed E-state index contributed by atoms with van der Waals surface area (Å²) in [6.45, 7) is 1.74. The Morgan fingerprint density at radius 2 is 1.71 bits per heavy atom. The van der Waals surface area contributed by atoms with Gasteiger partial charge in [0.15, 0.2) is 0 Å². The van der Waals surface area contributed by atoms with Gasteiger partial charge in [0.25, 0.3) is 0 Å². The van der Waals surface area contributed by atoms with Gasteiger partial charge in [0, 0.05) is 4.48 Å². The van der Waals surface area contributed by atoms with Crippen molar-refractivity contribution in [3.63, 3.8) is 0 Å². The van der Waals surface area contributed by atoms with Crippen LogP contribution in [0.4, 0.5) is 0 Å². The van der Waals surface area contributed by atoms with E-state index >= 15 is 0 Å². The lowest BCUT2D eigenvalue weighted by atomic mass is 10.00. The molecule has 1 aliphatic rings. The summed E-state index contributed by atoms with van der Waals surface area (Å²) in [6.07, 6.45) is 1.66. The van der Waals surface area contributed by atoms with E-state index in [0.717, 1.165) is 0 Å². The molecule has 3 rings (SSSR count). The number of halogens is 1. The maximum Gasteiger partial charge on any atom is 0.337 e. The molecule has 1 aliphatic carbocycles. The van der Waals surface area contributed by atoms with Gasteiger partial charge in [-0.15, -0.1) is 0 Å². The fourth-order valence-electron chi connectivity index (χ4n) is 2.91. The van der Waals surface area contributed by atoms with Crippen LogP contribution in [0.25, 0.3) is 6.08 Å². The van der Waals surface area contributed by atoms with E-state index < -0.39 is 20.6 Å². The molecule has 124 valence electrons. The number of ether oxygens (including phenoxy) is 1. The summed E-state index contributed by atoms with van der Waals surface area (Å²) >= 11 is 3.33. The van der Waals surface area contributed by atoms with E-state index in [2.05, 4.69) is 15.9 Å². The molecular weight excluding hydrogens is 392 g/mol. The molecule has 6 heteroatoms. The van der Waals surface area contributed by atoms with Crippen LogP contribution in [0, 0.1) is 0 Å². The maximum atomic E-state index is 13.5. The molecule has 0 heterocycles. The number of sulfone groups is 1. The summed E-state index contributed by atoms with van der Waals surface area (Å²) in [5, 5.41) is 0. The van der Waals surface area contributed by atoms with Gasteiger partial charge in [-0.05, 0) is 36.3 Å². The van der Waals surface area contributed by atoms with Crippen LogP contribution in [0.3, 0.4) is 0 Å². The lowest BCUT2D eigenvalue weighted by molar-refractivity contribution is -0.145.